The van der Waals surface area contributed by atoms with Crippen molar-refractivity contribution >= 4 is 29.3 Å². The molecule has 2 rings (SSSR count). The van der Waals surface area contributed by atoms with E-state index in [0.717, 1.165) is 0 Å². The SMILES string of the molecule is CSc1nnnn1-c1ccc(Cl)c(C(=O)[O-])c1. The monoisotopic (exact) mass is 269 g/mol. The van der Waals surface area contributed by atoms with Gasteiger partial charge in [0.05, 0.1) is 11.7 Å². The lowest BCUT2D eigenvalue weighted by atomic mass is 10.2. The number of benzene rings is 1. The van der Waals surface area contributed by atoms with Gasteiger partial charge in [-0.1, -0.05) is 23.4 Å². The molecule has 1 aromatic heterocycles. The van der Waals surface area contributed by atoms with Crippen LogP contribution in [0.5, 0.6) is 0 Å². The zero-order valence-corrected chi connectivity index (χ0v) is 10.2. The predicted molar refractivity (Wildman–Crippen MR) is 60.3 cm³/mol. The average molecular weight is 270 g/mol. The van der Waals surface area contributed by atoms with Crippen LogP contribution in [0.2, 0.25) is 5.02 Å². The zero-order valence-electron chi connectivity index (χ0n) is 8.62. The summed E-state index contributed by atoms with van der Waals surface area (Å²) in [5.41, 5.74) is 0.426. The number of thioether (sulfide) groups is 1. The Morgan fingerprint density at radius 2 is 2.29 bits per heavy atom. The number of halogens is 1. The third-order valence-corrected chi connectivity index (χ3v) is 2.99. The van der Waals surface area contributed by atoms with E-state index in [-0.39, 0.29) is 10.6 Å². The Balaban J connectivity index is 2.54. The first kappa shape index (κ1) is 11.9. The van der Waals surface area contributed by atoms with E-state index in [4.69, 9.17) is 11.6 Å². The molecule has 0 amide bonds. The molecule has 0 aliphatic carbocycles. The lowest BCUT2D eigenvalue weighted by molar-refractivity contribution is -0.255. The van der Waals surface area contributed by atoms with Crippen LogP contribution in [0.3, 0.4) is 0 Å². The van der Waals surface area contributed by atoms with Crippen LogP contribution in [0.25, 0.3) is 5.69 Å². The molecule has 0 fully saturated rings. The standard InChI is InChI=1S/C9H7ClN4O2S/c1-17-9-11-12-13-14(9)5-2-3-7(10)6(4-5)8(15)16/h2-4H,1H3,(H,15,16)/p-1. The number of aromatic carboxylic acids is 1. The van der Waals surface area contributed by atoms with Crippen molar-refractivity contribution in [1.82, 2.24) is 20.2 Å². The smallest absolute Gasteiger partial charge is 0.213 e. The van der Waals surface area contributed by atoms with Crippen molar-refractivity contribution in [3.8, 4) is 5.69 Å². The van der Waals surface area contributed by atoms with Gasteiger partial charge in [0.1, 0.15) is 0 Å². The molecule has 1 heterocycles. The van der Waals surface area contributed by atoms with Crippen LogP contribution in [0.15, 0.2) is 23.4 Å². The van der Waals surface area contributed by atoms with Crippen LogP contribution in [0.4, 0.5) is 0 Å². The number of carboxylic acids is 1. The van der Waals surface area contributed by atoms with Crippen molar-refractivity contribution in [1.29, 1.82) is 0 Å². The fraction of sp³-hybridized carbons (Fsp3) is 0.111. The third kappa shape index (κ3) is 2.25. The van der Waals surface area contributed by atoms with Crippen molar-refractivity contribution in [2.45, 2.75) is 5.16 Å². The third-order valence-electron chi connectivity index (χ3n) is 2.04. The number of hydrogen-bond donors (Lipinski definition) is 0. The molecule has 0 spiro atoms. The first-order chi connectivity index (χ1) is 8.13. The molecule has 6 nitrogen and oxygen atoms in total. The second-order valence-corrected chi connectivity index (χ2v) is 4.21. The molecule has 8 heteroatoms. The van der Waals surface area contributed by atoms with Crippen LogP contribution in [0.1, 0.15) is 10.4 Å². The largest absolute Gasteiger partial charge is 0.545 e. The highest BCUT2D eigenvalue weighted by molar-refractivity contribution is 7.98. The molecule has 0 bridgehead atoms. The van der Waals surface area contributed by atoms with Crippen molar-refractivity contribution in [3.05, 3.63) is 28.8 Å². The number of aromatic nitrogens is 4. The van der Waals surface area contributed by atoms with Crippen LogP contribution >= 0.6 is 23.4 Å². The summed E-state index contributed by atoms with van der Waals surface area (Å²) >= 11 is 7.09. The molecule has 0 radical (unpaired) electrons. The molecule has 88 valence electrons. The quantitative estimate of drug-likeness (QED) is 0.750. The number of nitrogens with zero attached hydrogens (tertiary/aromatic N) is 4. The van der Waals surface area contributed by atoms with Gasteiger partial charge < -0.3 is 9.90 Å². The Bertz CT molecular complexity index is 572. The predicted octanol–water partition coefficient (Wildman–Crippen LogP) is 0.401. The van der Waals surface area contributed by atoms with E-state index in [1.165, 1.54) is 28.6 Å². The average Bonchev–Trinajstić information content (AvgIpc) is 2.77. The van der Waals surface area contributed by atoms with Crippen LogP contribution in [0, 0.1) is 0 Å². The minimum Gasteiger partial charge on any atom is -0.545 e. The molecular formula is C9H6ClN4O2S-. The first-order valence-electron chi connectivity index (χ1n) is 4.47. The van der Waals surface area contributed by atoms with Crippen molar-refractivity contribution in [3.63, 3.8) is 0 Å². The van der Waals surface area contributed by atoms with Gasteiger partial charge in [0.15, 0.2) is 0 Å². The fourth-order valence-corrected chi connectivity index (χ4v) is 1.90. The molecule has 0 saturated carbocycles. The summed E-state index contributed by atoms with van der Waals surface area (Å²) in [5.74, 6) is -1.34. The van der Waals surface area contributed by atoms with Crippen molar-refractivity contribution in [2.75, 3.05) is 6.26 Å². The molecule has 0 saturated heterocycles. The van der Waals surface area contributed by atoms with E-state index in [1.807, 2.05) is 6.26 Å². The number of carbonyl (C=O) groups excluding carboxylic acids is 1. The Kier molecular flexibility index (Phi) is 3.30. The maximum absolute atomic E-state index is 10.8. The van der Waals surface area contributed by atoms with Gasteiger partial charge in [0.2, 0.25) is 5.16 Å². The molecule has 0 unspecified atom stereocenters. The lowest BCUT2D eigenvalue weighted by Gasteiger charge is -2.08. The Labute approximate surface area is 106 Å². The van der Waals surface area contributed by atoms with E-state index in [0.29, 0.717) is 10.8 Å². The number of hydrogen-bond acceptors (Lipinski definition) is 6. The zero-order chi connectivity index (χ0) is 12.4. The summed E-state index contributed by atoms with van der Waals surface area (Å²) in [6, 6.07) is 4.46. The maximum atomic E-state index is 10.8. The molecule has 0 atom stereocenters. The van der Waals surface area contributed by atoms with Gasteiger partial charge in [0, 0.05) is 10.6 Å². The van der Waals surface area contributed by atoms with Crippen molar-refractivity contribution in [2.24, 2.45) is 0 Å². The Morgan fingerprint density at radius 3 is 2.94 bits per heavy atom. The summed E-state index contributed by atoms with van der Waals surface area (Å²) in [5, 5.41) is 22.6. The van der Waals surface area contributed by atoms with E-state index in [9.17, 15) is 9.90 Å². The molecule has 1 aromatic carbocycles. The molecule has 0 aliphatic heterocycles. The summed E-state index contributed by atoms with van der Waals surface area (Å²) < 4.78 is 1.42. The highest BCUT2D eigenvalue weighted by atomic mass is 35.5. The topological polar surface area (TPSA) is 83.7 Å². The van der Waals surface area contributed by atoms with Gasteiger partial charge >= 0.3 is 0 Å². The number of carboxylic acid groups (broad SMARTS) is 1. The molecule has 17 heavy (non-hydrogen) atoms. The number of tetrazole rings is 1. The second kappa shape index (κ2) is 4.72. The van der Waals surface area contributed by atoms with Gasteiger partial charge in [-0.15, -0.1) is 5.10 Å². The van der Waals surface area contributed by atoms with Crippen molar-refractivity contribution < 1.29 is 9.90 Å². The maximum Gasteiger partial charge on any atom is 0.213 e. The normalized spacial score (nSPS) is 10.5. The summed E-state index contributed by atoms with van der Waals surface area (Å²) in [6.45, 7) is 0. The molecule has 0 aliphatic rings. The second-order valence-electron chi connectivity index (χ2n) is 3.03. The van der Waals surface area contributed by atoms with E-state index >= 15 is 0 Å². The van der Waals surface area contributed by atoms with Gasteiger partial charge in [-0.2, -0.15) is 4.68 Å². The highest BCUT2D eigenvalue weighted by Gasteiger charge is 2.09. The van der Waals surface area contributed by atoms with E-state index < -0.39 is 5.97 Å². The number of rotatable bonds is 3. The first-order valence-corrected chi connectivity index (χ1v) is 6.07. The molecule has 2 aromatic rings. The number of carbonyl (C=O) groups is 1. The lowest BCUT2D eigenvalue weighted by Crippen LogP contribution is -2.22. The summed E-state index contributed by atoms with van der Waals surface area (Å²) in [4.78, 5) is 10.8. The Hall–Kier alpha value is -1.60. The summed E-state index contributed by atoms with van der Waals surface area (Å²) in [7, 11) is 0. The van der Waals surface area contributed by atoms with Gasteiger partial charge in [-0.3, -0.25) is 0 Å². The molecule has 0 N–H and O–H groups in total. The van der Waals surface area contributed by atoms with Crippen LogP contribution in [-0.4, -0.2) is 32.4 Å². The van der Waals surface area contributed by atoms with E-state index in [1.54, 1.807) is 6.07 Å². The minimum absolute atomic E-state index is 0.0910. The van der Waals surface area contributed by atoms with Gasteiger partial charge in [-0.05, 0) is 34.9 Å². The summed E-state index contributed by atoms with van der Waals surface area (Å²) in [6.07, 6.45) is 1.82. The van der Waals surface area contributed by atoms with E-state index in [2.05, 4.69) is 15.5 Å². The van der Waals surface area contributed by atoms with Gasteiger partial charge in [-0.25, -0.2) is 0 Å². The highest BCUT2D eigenvalue weighted by Crippen LogP contribution is 2.21. The fourth-order valence-electron chi connectivity index (χ4n) is 1.27. The molecular weight excluding hydrogens is 264 g/mol. The minimum atomic E-state index is -1.34. The van der Waals surface area contributed by atoms with Gasteiger partial charge in [0.25, 0.3) is 0 Å². The Morgan fingerprint density at radius 1 is 1.53 bits per heavy atom. The van der Waals surface area contributed by atoms with Crippen LogP contribution in [-0.2, 0) is 0 Å². The van der Waals surface area contributed by atoms with Crippen LogP contribution < -0.4 is 5.11 Å².